The molecular formula is C10H17NO. The van der Waals surface area contributed by atoms with Crippen molar-refractivity contribution >= 4 is 5.78 Å². The van der Waals surface area contributed by atoms with E-state index in [1.165, 1.54) is 0 Å². The first-order chi connectivity index (χ1) is 5.48. The summed E-state index contributed by atoms with van der Waals surface area (Å²) in [5.41, 5.74) is 0.248. The molecule has 0 amide bonds. The van der Waals surface area contributed by atoms with Gasteiger partial charge in [-0.1, -0.05) is 0 Å². The highest BCUT2D eigenvalue weighted by molar-refractivity contribution is 5.90. The molecule has 3 fully saturated rings. The number of nitrogens with zero attached hydrogens (tertiary/aromatic N) is 1. The Morgan fingerprint density at radius 3 is 2.08 bits per heavy atom. The maximum atomic E-state index is 11.3. The van der Waals surface area contributed by atoms with Gasteiger partial charge in [0.05, 0.1) is 0 Å². The Kier molecular flexibility index (Phi) is 1.59. The molecule has 2 bridgehead atoms. The van der Waals surface area contributed by atoms with Crippen molar-refractivity contribution in [2.75, 3.05) is 13.1 Å². The van der Waals surface area contributed by atoms with E-state index < -0.39 is 0 Å². The van der Waals surface area contributed by atoms with Crippen molar-refractivity contribution in [2.24, 2.45) is 11.8 Å². The van der Waals surface area contributed by atoms with E-state index in [4.69, 9.17) is 0 Å². The first-order valence-corrected chi connectivity index (χ1v) is 4.77. The number of carbonyl (C=O) groups excluding carboxylic acids is 1. The molecule has 0 N–H and O–H groups in total. The number of piperidine rings is 2. The van der Waals surface area contributed by atoms with Gasteiger partial charge in [-0.3, -0.25) is 9.69 Å². The number of rotatable bonds is 0. The summed E-state index contributed by atoms with van der Waals surface area (Å²) < 4.78 is 0. The molecular weight excluding hydrogens is 150 g/mol. The molecule has 2 unspecified atom stereocenters. The zero-order chi connectivity index (χ0) is 8.93. The molecule has 2 saturated heterocycles. The van der Waals surface area contributed by atoms with Crippen LogP contribution in [-0.2, 0) is 4.79 Å². The van der Waals surface area contributed by atoms with Crippen molar-refractivity contribution in [1.82, 2.24) is 4.90 Å². The molecule has 0 spiro atoms. The molecule has 0 radical (unpaired) electrons. The molecule has 3 aliphatic rings. The quantitative estimate of drug-likeness (QED) is 0.542. The van der Waals surface area contributed by atoms with Crippen LogP contribution >= 0.6 is 0 Å². The van der Waals surface area contributed by atoms with E-state index in [1.54, 1.807) is 0 Å². The van der Waals surface area contributed by atoms with Crippen molar-refractivity contribution in [3.63, 3.8) is 0 Å². The average Bonchev–Trinajstić information content (AvgIpc) is 2.02. The van der Waals surface area contributed by atoms with Crippen molar-refractivity contribution in [1.29, 1.82) is 0 Å². The van der Waals surface area contributed by atoms with Crippen molar-refractivity contribution < 1.29 is 4.79 Å². The maximum Gasteiger partial charge on any atom is 0.141 e. The van der Waals surface area contributed by atoms with E-state index in [0.717, 1.165) is 19.5 Å². The van der Waals surface area contributed by atoms with Gasteiger partial charge in [0.1, 0.15) is 5.78 Å². The molecule has 1 aliphatic carbocycles. The Morgan fingerprint density at radius 1 is 1.25 bits per heavy atom. The third kappa shape index (κ3) is 1.09. The van der Waals surface area contributed by atoms with Gasteiger partial charge >= 0.3 is 0 Å². The SMILES string of the molecule is CC(C)(C)N1CC2CC(C1)C2=O. The number of ketones is 1. The first kappa shape index (κ1) is 8.24. The molecule has 0 aromatic carbocycles. The van der Waals surface area contributed by atoms with Crippen molar-refractivity contribution in [3.8, 4) is 0 Å². The van der Waals surface area contributed by atoms with Gasteiger partial charge in [-0.15, -0.1) is 0 Å². The first-order valence-electron chi connectivity index (χ1n) is 4.77. The maximum absolute atomic E-state index is 11.3. The van der Waals surface area contributed by atoms with Gasteiger partial charge in [0.15, 0.2) is 0 Å². The highest BCUT2D eigenvalue weighted by Crippen LogP contribution is 2.38. The smallest absolute Gasteiger partial charge is 0.141 e. The predicted molar refractivity (Wildman–Crippen MR) is 47.9 cm³/mol. The van der Waals surface area contributed by atoms with E-state index in [-0.39, 0.29) is 5.54 Å². The van der Waals surface area contributed by atoms with Crippen LogP contribution in [0.5, 0.6) is 0 Å². The summed E-state index contributed by atoms with van der Waals surface area (Å²) in [7, 11) is 0. The molecule has 1 saturated carbocycles. The molecule has 3 rings (SSSR count). The van der Waals surface area contributed by atoms with Crippen molar-refractivity contribution in [2.45, 2.75) is 32.7 Å². The molecule has 2 aliphatic heterocycles. The average molecular weight is 167 g/mol. The molecule has 0 aromatic heterocycles. The summed E-state index contributed by atoms with van der Waals surface area (Å²) in [6.45, 7) is 8.67. The van der Waals surface area contributed by atoms with Gasteiger partial charge in [0.25, 0.3) is 0 Å². The summed E-state index contributed by atoms with van der Waals surface area (Å²) in [5, 5.41) is 0. The summed E-state index contributed by atoms with van der Waals surface area (Å²) in [6, 6.07) is 0. The fraction of sp³-hybridized carbons (Fsp3) is 0.900. The van der Waals surface area contributed by atoms with Gasteiger partial charge in [0.2, 0.25) is 0 Å². The second kappa shape index (κ2) is 2.32. The third-order valence-corrected chi connectivity index (χ3v) is 3.20. The lowest BCUT2D eigenvalue weighted by Gasteiger charge is -2.50. The lowest BCUT2D eigenvalue weighted by Crippen LogP contribution is -2.60. The summed E-state index contributed by atoms with van der Waals surface area (Å²) in [5.74, 6) is 1.28. The normalized spacial score (nSPS) is 36.4. The third-order valence-electron chi connectivity index (χ3n) is 3.20. The van der Waals surface area contributed by atoms with E-state index in [9.17, 15) is 4.79 Å². The molecule has 68 valence electrons. The van der Waals surface area contributed by atoms with Crippen LogP contribution in [0.1, 0.15) is 27.2 Å². The van der Waals surface area contributed by atoms with Crippen LogP contribution in [0.4, 0.5) is 0 Å². The largest absolute Gasteiger partial charge is 0.299 e. The zero-order valence-electron chi connectivity index (χ0n) is 8.13. The van der Waals surface area contributed by atoms with Crippen LogP contribution in [0.25, 0.3) is 0 Å². The lowest BCUT2D eigenvalue weighted by molar-refractivity contribution is -0.146. The Bertz CT molecular complexity index is 202. The predicted octanol–water partition coefficient (Wildman–Crippen LogP) is 1.31. The lowest BCUT2D eigenvalue weighted by atomic mass is 9.69. The number of carbonyl (C=O) groups is 1. The van der Waals surface area contributed by atoms with Crippen LogP contribution < -0.4 is 0 Å². The topological polar surface area (TPSA) is 20.3 Å². The second-order valence-electron chi connectivity index (χ2n) is 5.11. The highest BCUT2D eigenvalue weighted by atomic mass is 16.1. The minimum Gasteiger partial charge on any atom is -0.299 e. The molecule has 2 heteroatoms. The van der Waals surface area contributed by atoms with E-state index >= 15 is 0 Å². The Morgan fingerprint density at radius 2 is 1.75 bits per heavy atom. The van der Waals surface area contributed by atoms with Gasteiger partial charge in [-0.25, -0.2) is 0 Å². The molecule has 0 aromatic rings. The standard InChI is InChI=1S/C10H17NO/c1-10(2,3)11-5-7-4-8(6-11)9(7)12/h7-8H,4-6H2,1-3H3. The Labute approximate surface area is 73.9 Å². The fourth-order valence-corrected chi connectivity index (χ4v) is 2.23. The van der Waals surface area contributed by atoms with Crippen LogP contribution in [0, 0.1) is 11.8 Å². The zero-order valence-corrected chi connectivity index (χ0v) is 8.13. The van der Waals surface area contributed by atoms with E-state index in [1.807, 2.05) is 0 Å². The minimum atomic E-state index is 0.248. The van der Waals surface area contributed by atoms with Crippen molar-refractivity contribution in [3.05, 3.63) is 0 Å². The van der Waals surface area contributed by atoms with Crippen LogP contribution in [0.2, 0.25) is 0 Å². The summed E-state index contributed by atoms with van der Waals surface area (Å²) in [4.78, 5) is 13.7. The Hall–Kier alpha value is -0.370. The second-order valence-corrected chi connectivity index (χ2v) is 5.11. The van der Waals surface area contributed by atoms with Crippen LogP contribution in [0.15, 0.2) is 0 Å². The molecule has 2 nitrogen and oxygen atoms in total. The Balaban J connectivity index is 2.04. The minimum absolute atomic E-state index is 0.248. The number of Topliss-reactive ketones (excluding diaryl/α,β-unsaturated/α-hetero) is 1. The molecule has 2 atom stereocenters. The molecule has 2 heterocycles. The van der Waals surface area contributed by atoms with Gasteiger partial charge < -0.3 is 0 Å². The highest BCUT2D eigenvalue weighted by Gasteiger charge is 2.47. The van der Waals surface area contributed by atoms with E-state index in [0.29, 0.717) is 17.6 Å². The van der Waals surface area contributed by atoms with E-state index in [2.05, 4.69) is 25.7 Å². The monoisotopic (exact) mass is 167 g/mol. The van der Waals surface area contributed by atoms with Crippen LogP contribution in [-0.4, -0.2) is 29.3 Å². The van der Waals surface area contributed by atoms with Gasteiger partial charge in [-0.05, 0) is 27.2 Å². The van der Waals surface area contributed by atoms with Gasteiger partial charge in [-0.2, -0.15) is 0 Å². The molecule has 12 heavy (non-hydrogen) atoms. The van der Waals surface area contributed by atoms with Crippen LogP contribution in [0.3, 0.4) is 0 Å². The van der Waals surface area contributed by atoms with Gasteiger partial charge in [0, 0.05) is 30.5 Å². The number of fused-ring (bicyclic) bond motifs is 2. The summed E-state index contributed by atoms with van der Waals surface area (Å²) >= 11 is 0. The fourth-order valence-electron chi connectivity index (χ4n) is 2.23. The summed E-state index contributed by atoms with van der Waals surface area (Å²) in [6.07, 6.45) is 1.16. The number of hydrogen-bond donors (Lipinski definition) is 0. The number of hydrogen-bond acceptors (Lipinski definition) is 2.